The van der Waals surface area contributed by atoms with E-state index >= 15 is 0 Å². The van der Waals surface area contributed by atoms with Crippen molar-refractivity contribution in [2.75, 3.05) is 6.54 Å². The molecule has 0 saturated carbocycles. The zero-order valence-electron chi connectivity index (χ0n) is 15.0. The molecule has 1 atom stereocenters. The lowest BCUT2D eigenvalue weighted by Gasteiger charge is -2.14. The summed E-state index contributed by atoms with van der Waals surface area (Å²) < 4.78 is 3.31. The summed E-state index contributed by atoms with van der Waals surface area (Å²) in [7, 11) is 0. The lowest BCUT2D eigenvalue weighted by molar-refractivity contribution is 0.236. The highest BCUT2D eigenvalue weighted by atomic mass is 16.2. The Balaban J connectivity index is 1.65. The lowest BCUT2D eigenvalue weighted by Crippen LogP contribution is -2.41. The Labute approximate surface area is 143 Å². The van der Waals surface area contributed by atoms with E-state index in [-0.39, 0.29) is 17.8 Å². The normalized spacial score (nSPS) is 14.9. The number of unbranched alkanes of at least 4 members (excludes halogenated alkanes) is 2. The summed E-state index contributed by atoms with van der Waals surface area (Å²) in [6, 6.07) is 0.0644. The van der Waals surface area contributed by atoms with Crippen LogP contribution in [0.1, 0.15) is 64.6 Å². The molecule has 1 aromatic heterocycles. The molecule has 0 spiro atoms. The largest absolute Gasteiger partial charge is 0.345 e. The summed E-state index contributed by atoms with van der Waals surface area (Å²) >= 11 is 0. The molecule has 0 aliphatic carbocycles. The standard InChI is InChI=1S/C17H31N5O2/c1-3-4-5-9-14(2)19-16(23)18-11-8-13-22-17(24)21-12-7-6-10-15(21)20-22/h14H,3-13H2,1-2H3,(H2,18,19,23). The second-order valence-corrected chi connectivity index (χ2v) is 6.68. The van der Waals surface area contributed by atoms with Crippen molar-refractivity contribution < 1.29 is 4.79 Å². The van der Waals surface area contributed by atoms with Crippen LogP contribution in [0.4, 0.5) is 4.79 Å². The number of urea groups is 1. The number of fused-ring (bicyclic) bond motifs is 1. The molecular formula is C17H31N5O2. The van der Waals surface area contributed by atoms with Crippen molar-refractivity contribution in [2.45, 2.75) is 84.3 Å². The number of nitrogens with one attached hydrogen (secondary N) is 2. The quantitative estimate of drug-likeness (QED) is 0.677. The maximum absolute atomic E-state index is 12.2. The van der Waals surface area contributed by atoms with Gasteiger partial charge in [-0.1, -0.05) is 26.2 Å². The smallest absolute Gasteiger partial charge is 0.338 e. The number of rotatable bonds is 9. The first-order chi connectivity index (χ1) is 11.6. The average molecular weight is 337 g/mol. The second kappa shape index (κ2) is 9.49. The Morgan fingerprint density at radius 1 is 1.29 bits per heavy atom. The van der Waals surface area contributed by atoms with Gasteiger partial charge in [-0.3, -0.25) is 4.57 Å². The minimum Gasteiger partial charge on any atom is -0.338 e. The van der Waals surface area contributed by atoms with Gasteiger partial charge in [0.05, 0.1) is 0 Å². The van der Waals surface area contributed by atoms with Gasteiger partial charge in [-0.25, -0.2) is 14.3 Å². The Hall–Kier alpha value is -1.79. The summed E-state index contributed by atoms with van der Waals surface area (Å²) in [5, 5.41) is 10.2. The number of hydrogen-bond acceptors (Lipinski definition) is 3. The Bertz CT molecular complexity index is 578. The van der Waals surface area contributed by atoms with E-state index in [9.17, 15) is 9.59 Å². The summed E-state index contributed by atoms with van der Waals surface area (Å²) in [5.74, 6) is 0.901. The molecule has 2 N–H and O–H groups in total. The number of carbonyl (C=O) groups is 1. The van der Waals surface area contributed by atoms with Crippen LogP contribution in [0.2, 0.25) is 0 Å². The van der Waals surface area contributed by atoms with Crippen molar-refractivity contribution >= 4 is 6.03 Å². The van der Waals surface area contributed by atoms with Crippen molar-refractivity contribution in [3.05, 3.63) is 16.3 Å². The zero-order valence-corrected chi connectivity index (χ0v) is 15.0. The molecule has 24 heavy (non-hydrogen) atoms. The van der Waals surface area contributed by atoms with Gasteiger partial charge in [0.2, 0.25) is 0 Å². The van der Waals surface area contributed by atoms with Gasteiger partial charge in [0.1, 0.15) is 5.82 Å². The van der Waals surface area contributed by atoms with E-state index in [1.54, 1.807) is 4.57 Å². The molecule has 2 heterocycles. The van der Waals surface area contributed by atoms with Gasteiger partial charge < -0.3 is 10.6 Å². The molecule has 2 rings (SSSR count). The summed E-state index contributed by atoms with van der Waals surface area (Å²) in [5.41, 5.74) is -0.0151. The van der Waals surface area contributed by atoms with Gasteiger partial charge in [-0.05, 0) is 32.6 Å². The monoisotopic (exact) mass is 337 g/mol. The third-order valence-corrected chi connectivity index (χ3v) is 4.48. The molecule has 7 nitrogen and oxygen atoms in total. The number of carbonyl (C=O) groups excluding carboxylic acids is 1. The van der Waals surface area contributed by atoms with Crippen LogP contribution in [0.3, 0.4) is 0 Å². The van der Waals surface area contributed by atoms with E-state index in [0.29, 0.717) is 19.5 Å². The fourth-order valence-corrected chi connectivity index (χ4v) is 3.07. The highest BCUT2D eigenvalue weighted by molar-refractivity contribution is 5.74. The van der Waals surface area contributed by atoms with E-state index in [4.69, 9.17) is 0 Å². The van der Waals surface area contributed by atoms with Crippen LogP contribution in [0, 0.1) is 0 Å². The molecule has 1 aliphatic heterocycles. The predicted octanol–water partition coefficient (Wildman–Crippen LogP) is 2.04. The fourth-order valence-electron chi connectivity index (χ4n) is 3.07. The first kappa shape index (κ1) is 18.5. The highest BCUT2D eigenvalue weighted by Gasteiger charge is 2.16. The summed E-state index contributed by atoms with van der Waals surface area (Å²) in [6.45, 7) is 6.08. The van der Waals surface area contributed by atoms with Crippen LogP contribution >= 0.6 is 0 Å². The third-order valence-electron chi connectivity index (χ3n) is 4.48. The minimum absolute atomic E-state index is 0.0151. The molecular weight excluding hydrogens is 306 g/mol. The van der Waals surface area contributed by atoms with E-state index in [2.05, 4.69) is 22.7 Å². The molecule has 1 aromatic rings. The van der Waals surface area contributed by atoms with E-state index < -0.39 is 0 Å². The van der Waals surface area contributed by atoms with Crippen molar-refractivity contribution in [2.24, 2.45) is 0 Å². The first-order valence-electron chi connectivity index (χ1n) is 9.32. The molecule has 1 aliphatic rings. The molecule has 0 saturated heterocycles. The molecule has 0 bridgehead atoms. The Morgan fingerprint density at radius 2 is 2.12 bits per heavy atom. The molecule has 2 amide bonds. The maximum atomic E-state index is 12.2. The lowest BCUT2D eigenvalue weighted by atomic mass is 10.1. The topological polar surface area (TPSA) is 81.0 Å². The third kappa shape index (κ3) is 5.39. The summed E-state index contributed by atoms with van der Waals surface area (Å²) in [4.78, 5) is 24.0. The van der Waals surface area contributed by atoms with Crippen LogP contribution in [0.15, 0.2) is 4.79 Å². The molecule has 1 unspecified atom stereocenters. The van der Waals surface area contributed by atoms with Crippen molar-refractivity contribution in [3.63, 3.8) is 0 Å². The van der Waals surface area contributed by atoms with E-state index in [0.717, 1.165) is 44.5 Å². The van der Waals surface area contributed by atoms with Gasteiger partial charge in [0.25, 0.3) is 0 Å². The number of amides is 2. The SMILES string of the molecule is CCCCCC(C)NC(=O)NCCCn1nc2n(c1=O)CCCC2. The van der Waals surface area contributed by atoms with Crippen LogP contribution in [-0.2, 0) is 19.5 Å². The van der Waals surface area contributed by atoms with Gasteiger partial charge in [-0.15, -0.1) is 0 Å². The number of hydrogen-bond donors (Lipinski definition) is 2. The van der Waals surface area contributed by atoms with Gasteiger partial charge >= 0.3 is 11.7 Å². The number of aryl methyl sites for hydroxylation is 2. The van der Waals surface area contributed by atoms with Crippen LogP contribution in [0.25, 0.3) is 0 Å². The van der Waals surface area contributed by atoms with Crippen LogP contribution in [-0.4, -0.2) is 33.0 Å². The Kier molecular flexibility index (Phi) is 7.34. The van der Waals surface area contributed by atoms with Gasteiger partial charge in [-0.2, -0.15) is 5.10 Å². The average Bonchev–Trinajstić information content (AvgIpc) is 2.88. The molecule has 7 heteroatoms. The Morgan fingerprint density at radius 3 is 2.88 bits per heavy atom. The highest BCUT2D eigenvalue weighted by Crippen LogP contribution is 2.09. The number of nitrogens with zero attached hydrogens (tertiary/aromatic N) is 3. The molecule has 0 fully saturated rings. The maximum Gasteiger partial charge on any atom is 0.345 e. The first-order valence-corrected chi connectivity index (χ1v) is 9.32. The minimum atomic E-state index is -0.129. The molecule has 0 radical (unpaired) electrons. The van der Waals surface area contributed by atoms with Crippen molar-refractivity contribution in [1.29, 1.82) is 0 Å². The molecule has 136 valence electrons. The van der Waals surface area contributed by atoms with E-state index in [1.165, 1.54) is 17.5 Å². The predicted molar refractivity (Wildman–Crippen MR) is 94.2 cm³/mol. The number of aromatic nitrogens is 3. The van der Waals surface area contributed by atoms with Crippen LogP contribution in [0.5, 0.6) is 0 Å². The van der Waals surface area contributed by atoms with Gasteiger partial charge in [0.15, 0.2) is 0 Å². The van der Waals surface area contributed by atoms with Crippen LogP contribution < -0.4 is 16.3 Å². The van der Waals surface area contributed by atoms with Gasteiger partial charge in [0, 0.05) is 32.1 Å². The van der Waals surface area contributed by atoms with E-state index in [1.807, 2.05) is 6.92 Å². The van der Waals surface area contributed by atoms with Crippen molar-refractivity contribution in [1.82, 2.24) is 25.0 Å². The summed E-state index contributed by atoms with van der Waals surface area (Å²) in [6.07, 6.45) is 8.30. The molecule has 0 aromatic carbocycles. The fraction of sp³-hybridized carbons (Fsp3) is 0.824. The zero-order chi connectivity index (χ0) is 17.4. The second-order valence-electron chi connectivity index (χ2n) is 6.68. The van der Waals surface area contributed by atoms with Crippen molar-refractivity contribution in [3.8, 4) is 0 Å².